The molecule has 0 fully saturated rings. The van der Waals surface area contributed by atoms with Gasteiger partial charge in [-0.05, 0) is 77.7 Å². The molecule has 29 heavy (non-hydrogen) atoms. The molecule has 0 radical (unpaired) electrons. The number of ether oxygens (including phenoxy) is 1. The minimum atomic E-state index is -0.752. The normalized spacial score (nSPS) is 14.4. The van der Waals surface area contributed by atoms with Crippen LogP contribution in [-0.4, -0.2) is 44.2 Å². The average Bonchev–Trinajstić information content (AvgIpc) is 2.67. The molecule has 0 aromatic heterocycles. The molecule has 0 aliphatic carbocycles. The van der Waals surface area contributed by atoms with Gasteiger partial charge in [-0.2, -0.15) is 0 Å². The molecule has 3 rings (SSSR count). The summed E-state index contributed by atoms with van der Waals surface area (Å²) in [5.74, 6) is -0.473. The molecule has 156 valence electrons. The highest BCUT2D eigenvalue weighted by atomic mass is 32.2. The predicted molar refractivity (Wildman–Crippen MR) is 117 cm³/mol. The van der Waals surface area contributed by atoms with E-state index >= 15 is 0 Å². The SMILES string of the molecule is CCOC(=O)C(C)(C)c1ccc2c(c1)N(CC(C)N(C)C)c1ccc(F)cc1S2. The molecule has 2 aromatic rings. The number of likely N-dealkylation sites (N-methyl/N-ethyl adjacent to an activating group) is 1. The first-order valence-corrected chi connectivity index (χ1v) is 10.7. The lowest BCUT2D eigenvalue weighted by atomic mass is 9.84. The van der Waals surface area contributed by atoms with Gasteiger partial charge in [-0.1, -0.05) is 17.8 Å². The van der Waals surface area contributed by atoms with Gasteiger partial charge in [-0.3, -0.25) is 4.79 Å². The van der Waals surface area contributed by atoms with E-state index in [9.17, 15) is 9.18 Å². The number of hydrogen-bond donors (Lipinski definition) is 0. The van der Waals surface area contributed by atoms with E-state index in [2.05, 4.69) is 36.9 Å². The smallest absolute Gasteiger partial charge is 0.315 e. The quantitative estimate of drug-likeness (QED) is 0.603. The molecule has 2 aromatic carbocycles. The van der Waals surface area contributed by atoms with Crippen LogP contribution in [-0.2, 0) is 14.9 Å². The Morgan fingerprint density at radius 1 is 1.17 bits per heavy atom. The number of carbonyl (C=O) groups excluding carboxylic acids is 1. The van der Waals surface area contributed by atoms with Gasteiger partial charge in [0.05, 0.1) is 23.4 Å². The van der Waals surface area contributed by atoms with Crippen molar-refractivity contribution in [2.75, 3.05) is 32.1 Å². The van der Waals surface area contributed by atoms with Crippen molar-refractivity contribution in [1.29, 1.82) is 0 Å². The van der Waals surface area contributed by atoms with Crippen molar-refractivity contribution in [2.24, 2.45) is 0 Å². The van der Waals surface area contributed by atoms with E-state index in [1.54, 1.807) is 17.8 Å². The third-order valence-electron chi connectivity index (χ3n) is 5.52. The van der Waals surface area contributed by atoms with Crippen molar-refractivity contribution in [1.82, 2.24) is 4.90 Å². The molecule has 0 spiro atoms. The van der Waals surface area contributed by atoms with Crippen molar-refractivity contribution >= 4 is 29.1 Å². The Morgan fingerprint density at radius 2 is 1.90 bits per heavy atom. The zero-order valence-corrected chi connectivity index (χ0v) is 18.8. The fraction of sp³-hybridized carbons (Fsp3) is 0.435. The van der Waals surface area contributed by atoms with E-state index in [1.165, 1.54) is 6.07 Å². The summed E-state index contributed by atoms with van der Waals surface area (Å²) in [5, 5.41) is 0. The lowest BCUT2D eigenvalue weighted by Gasteiger charge is -2.37. The number of hydrogen-bond acceptors (Lipinski definition) is 5. The number of esters is 1. The van der Waals surface area contributed by atoms with E-state index in [1.807, 2.05) is 39.0 Å². The van der Waals surface area contributed by atoms with Gasteiger partial charge >= 0.3 is 5.97 Å². The molecule has 0 saturated carbocycles. The van der Waals surface area contributed by atoms with Crippen molar-refractivity contribution in [3.63, 3.8) is 0 Å². The Hall–Kier alpha value is -2.05. The molecule has 0 saturated heterocycles. The van der Waals surface area contributed by atoms with Crippen molar-refractivity contribution < 1.29 is 13.9 Å². The van der Waals surface area contributed by atoms with Crippen LogP contribution in [0.3, 0.4) is 0 Å². The molecular weight excluding hydrogens is 387 g/mol. The van der Waals surface area contributed by atoms with Crippen LogP contribution in [0.4, 0.5) is 15.8 Å². The Bertz CT molecular complexity index is 914. The van der Waals surface area contributed by atoms with Crippen molar-refractivity contribution in [2.45, 2.75) is 48.9 Å². The van der Waals surface area contributed by atoms with Gasteiger partial charge in [0.1, 0.15) is 5.82 Å². The Labute approximate surface area is 177 Å². The van der Waals surface area contributed by atoms with Crippen LogP contribution in [0.2, 0.25) is 0 Å². The Morgan fingerprint density at radius 3 is 2.55 bits per heavy atom. The summed E-state index contributed by atoms with van der Waals surface area (Å²) in [4.78, 5) is 18.9. The molecule has 0 amide bonds. The number of carbonyl (C=O) groups is 1. The third kappa shape index (κ3) is 4.28. The molecule has 0 bridgehead atoms. The fourth-order valence-electron chi connectivity index (χ4n) is 3.30. The Balaban J connectivity index is 2.08. The lowest BCUT2D eigenvalue weighted by molar-refractivity contribution is -0.148. The van der Waals surface area contributed by atoms with Crippen LogP contribution in [0.25, 0.3) is 0 Å². The average molecular weight is 417 g/mol. The van der Waals surface area contributed by atoms with E-state index in [0.717, 1.165) is 33.3 Å². The second-order valence-electron chi connectivity index (χ2n) is 8.17. The zero-order chi connectivity index (χ0) is 21.3. The molecule has 0 N–H and O–H groups in total. The van der Waals surface area contributed by atoms with E-state index in [0.29, 0.717) is 6.61 Å². The van der Waals surface area contributed by atoms with Gasteiger partial charge < -0.3 is 14.5 Å². The molecular formula is C23H29FN2O2S. The molecule has 1 atom stereocenters. The second-order valence-corrected chi connectivity index (χ2v) is 9.25. The largest absolute Gasteiger partial charge is 0.465 e. The van der Waals surface area contributed by atoms with Crippen molar-refractivity contribution in [3.05, 3.63) is 47.8 Å². The van der Waals surface area contributed by atoms with Gasteiger partial charge in [-0.25, -0.2) is 4.39 Å². The highest BCUT2D eigenvalue weighted by Crippen LogP contribution is 2.49. The number of fused-ring (bicyclic) bond motifs is 2. The maximum atomic E-state index is 13.9. The summed E-state index contributed by atoms with van der Waals surface area (Å²) in [6.45, 7) is 8.86. The zero-order valence-electron chi connectivity index (χ0n) is 18.0. The minimum Gasteiger partial charge on any atom is -0.465 e. The summed E-state index contributed by atoms with van der Waals surface area (Å²) < 4.78 is 19.2. The monoisotopic (exact) mass is 416 g/mol. The van der Waals surface area contributed by atoms with Crippen LogP contribution in [0.15, 0.2) is 46.2 Å². The number of halogens is 1. The van der Waals surface area contributed by atoms with Gasteiger partial charge in [0.2, 0.25) is 0 Å². The standard InChI is InChI=1S/C23H29FN2O2S/c1-7-28-22(27)23(3,4)16-8-11-20-19(12-16)26(14-15(2)25(5)6)18-10-9-17(24)13-21(18)29-20/h8-13,15H,7,14H2,1-6H3. The highest BCUT2D eigenvalue weighted by molar-refractivity contribution is 7.99. The van der Waals surface area contributed by atoms with Gasteiger partial charge in [0, 0.05) is 22.4 Å². The highest BCUT2D eigenvalue weighted by Gasteiger charge is 2.34. The van der Waals surface area contributed by atoms with Gasteiger partial charge in [0.25, 0.3) is 0 Å². The Kier molecular flexibility index (Phi) is 6.24. The molecule has 6 heteroatoms. The number of benzene rings is 2. The van der Waals surface area contributed by atoms with E-state index in [-0.39, 0.29) is 17.8 Å². The maximum absolute atomic E-state index is 13.9. The van der Waals surface area contributed by atoms with E-state index in [4.69, 9.17) is 4.74 Å². The second kappa shape index (κ2) is 8.36. The first-order chi connectivity index (χ1) is 13.6. The summed E-state index contributed by atoms with van der Waals surface area (Å²) in [5.41, 5.74) is 2.18. The van der Waals surface area contributed by atoms with Gasteiger partial charge in [-0.15, -0.1) is 0 Å². The predicted octanol–water partition coefficient (Wildman–Crippen LogP) is 5.22. The van der Waals surface area contributed by atoms with Crippen LogP contribution >= 0.6 is 11.8 Å². The summed E-state index contributed by atoms with van der Waals surface area (Å²) in [6.07, 6.45) is 0. The first-order valence-electron chi connectivity index (χ1n) is 9.88. The minimum absolute atomic E-state index is 0.236. The fourth-order valence-corrected chi connectivity index (χ4v) is 4.40. The number of nitrogens with zero attached hydrogens (tertiary/aromatic N) is 2. The summed E-state index contributed by atoms with van der Waals surface area (Å²) in [7, 11) is 4.10. The van der Waals surface area contributed by atoms with Crippen LogP contribution < -0.4 is 4.90 Å². The molecule has 1 aliphatic rings. The third-order valence-corrected chi connectivity index (χ3v) is 6.63. The molecule has 1 heterocycles. The lowest BCUT2D eigenvalue weighted by Crippen LogP contribution is -2.37. The maximum Gasteiger partial charge on any atom is 0.315 e. The van der Waals surface area contributed by atoms with Crippen molar-refractivity contribution in [3.8, 4) is 0 Å². The topological polar surface area (TPSA) is 32.8 Å². The van der Waals surface area contributed by atoms with E-state index < -0.39 is 5.41 Å². The van der Waals surface area contributed by atoms with Crippen LogP contribution in [0, 0.1) is 5.82 Å². The number of rotatable bonds is 6. The summed E-state index contributed by atoms with van der Waals surface area (Å²) in [6, 6.07) is 11.3. The summed E-state index contributed by atoms with van der Waals surface area (Å²) >= 11 is 1.56. The van der Waals surface area contributed by atoms with Gasteiger partial charge in [0.15, 0.2) is 0 Å². The molecule has 1 aliphatic heterocycles. The number of anilines is 2. The first kappa shape index (κ1) is 21.7. The molecule has 1 unspecified atom stereocenters. The van der Waals surface area contributed by atoms with Crippen LogP contribution in [0.5, 0.6) is 0 Å². The van der Waals surface area contributed by atoms with Crippen LogP contribution in [0.1, 0.15) is 33.3 Å². The molecule has 4 nitrogen and oxygen atoms in total.